The van der Waals surface area contributed by atoms with Crippen molar-refractivity contribution in [1.82, 2.24) is 9.88 Å². The number of aryl methyl sites for hydroxylation is 1. The van der Waals surface area contributed by atoms with E-state index in [4.69, 9.17) is 0 Å². The molecule has 1 aliphatic heterocycles. The topological polar surface area (TPSA) is 62.3 Å². The highest BCUT2D eigenvalue weighted by molar-refractivity contribution is 6.06. The number of carbonyl (C=O) groups is 2. The van der Waals surface area contributed by atoms with Crippen molar-refractivity contribution in [3.05, 3.63) is 58.9 Å². The van der Waals surface area contributed by atoms with Gasteiger partial charge in [-0.15, -0.1) is 0 Å². The molecule has 2 aromatic rings. The Morgan fingerprint density at radius 1 is 1.19 bits per heavy atom. The van der Waals surface area contributed by atoms with Crippen LogP contribution in [0.1, 0.15) is 64.4 Å². The van der Waals surface area contributed by atoms with Gasteiger partial charge < -0.3 is 10.2 Å². The zero-order valence-electron chi connectivity index (χ0n) is 16.3. The molecule has 5 nitrogen and oxygen atoms in total. The maximum Gasteiger partial charge on any atom is 0.257 e. The third-order valence-corrected chi connectivity index (χ3v) is 5.46. The maximum atomic E-state index is 13.0. The molecule has 142 valence electrons. The van der Waals surface area contributed by atoms with Crippen LogP contribution in [-0.4, -0.2) is 34.3 Å². The Hall–Kier alpha value is -2.69. The zero-order valence-corrected chi connectivity index (χ0v) is 16.3. The van der Waals surface area contributed by atoms with E-state index in [0.29, 0.717) is 11.1 Å². The molecule has 3 rings (SSSR count). The quantitative estimate of drug-likeness (QED) is 0.876. The van der Waals surface area contributed by atoms with Crippen molar-refractivity contribution in [2.45, 2.75) is 52.5 Å². The molecule has 27 heavy (non-hydrogen) atoms. The Balaban J connectivity index is 1.79. The van der Waals surface area contributed by atoms with E-state index in [1.165, 1.54) is 12.6 Å². The van der Waals surface area contributed by atoms with Crippen molar-refractivity contribution >= 4 is 17.5 Å². The average molecular weight is 365 g/mol. The van der Waals surface area contributed by atoms with Crippen molar-refractivity contribution in [2.24, 2.45) is 0 Å². The number of hydrogen-bond acceptors (Lipinski definition) is 3. The first-order chi connectivity index (χ1) is 13.0. The molecule has 0 saturated carbocycles. The van der Waals surface area contributed by atoms with E-state index in [1.54, 1.807) is 12.3 Å². The maximum absolute atomic E-state index is 13.0. The van der Waals surface area contributed by atoms with Crippen LogP contribution in [0.25, 0.3) is 0 Å². The molecule has 0 bridgehead atoms. The molecule has 1 saturated heterocycles. The van der Waals surface area contributed by atoms with Crippen LogP contribution in [0.5, 0.6) is 0 Å². The third kappa shape index (κ3) is 4.18. The first-order valence-corrected chi connectivity index (χ1v) is 9.65. The smallest absolute Gasteiger partial charge is 0.257 e. The fourth-order valence-corrected chi connectivity index (χ4v) is 3.62. The summed E-state index contributed by atoms with van der Waals surface area (Å²) in [5.41, 5.74) is 3.80. The van der Waals surface area contributed by atoms with Crippen LogP contribution in [0.3, 0.4) is 0 Å². The lowest BCUT2D eigenvalue weighted by Crippen LogP contribution is -2.43. The summed E-state index contributed by atoms with van der Waals surface area (Å²) in [6.07, 6.45) is 7.25. The number of pyridine rings is 1. The van der Waals surface area contributed by atoms with Gasteiger partial charge in [-0.2, -0.15) is 0 Å². The number of anilines is 1. The highest BCUT2D eigenvalue weighted by Gasteiger charge is 2.26. The molecule has 1 aromatic heterocycles. The fraction of sp³-hybridized carbons (Fsp3) is 0.409. The Morgan fingerprint density at radius 2 is 1.96 bits per heavy atom. The van der Waals surface area contributed by atoms with Gasteiger partial charge in [0.25, 0.3) is 11.8 Å². The fourth-order valence-electron chi connectivity index (χ4n) is 3.62. The second kappa shape index (κ2) is 8.33. The number of rotatable bonds is 4. The van der Waals surface area contributed by atoms with Gasteiger partial charge in [-0.25, -0.2) is 0 Å². The molecular formula is C22H27N3O2. The van der Waals surface area contributed by atoms with Gasteiger partial charge >= 0.3 is 0 Å². The molecular weight excluding hydrogens is 338 g/mol. The average Bonchev–Trinajstić information content (AvgIpc) is 2.71. The van der Waals surface area contributed by atoms with Crippen molar-refractivity contribution in [3.63, 3.8) is 0 Å². The lowest BCUT2D eigenvalue weighted by molar-refractivity contribution is 0.0607. The van der Waals surface area contributed by atoms with Gasteiger partial charge in [0, 0.05) is 30.7 Å². The van der Waals surface area contributed by atoms with Crippen molar-refractivity contribution in [2.75, 3.05) is 11.9 Å². The molecule has 1 atom stereocenters. The summed E-state index contributed by atoms with van der Waals surface area (Å²) >= 11 is 0. The molecule has 2 amide bonds. The van der Waals surface area contributed by atoms with Crippen molar-refractivity contribution < 1.29 is 9.59 Å². The van der Waals surface area contributed by atoms with Crippen LogP contribution in [0.2, 0.25) is 0 Å². The number of carbonyl (C=O) groups excluding carboxylic acids is 2. The van der Waals surface area contributed by atoms with Crippen molar-refractivity contribution in [1.29, 1.82) is 0 Å². The number of aromatic nitrogens is 1. The summed E-state index contributed by atoms with van der Waals surface area (Å²) in [5, 5.41) is 2.93. The van der Waals surface area contributed by atoms with E-state index in [0.717, 1.165) is 42.6 Å². The van der Waals surface area contributed by atoms with Gasteiger partial charge in [0.2, 0.25) is 0 Å². The molecule has 0 aliphatic carbocycles. The Labute approximate surface area is 160 Å². The second-order valence-corrected chi connectivity index (χ2v) is 7.22. The summed E-state index contributed by atoms with van der Waals surface area (Å²) in [6, 6.07) is 7.73. The second-order valence-electron chi connectivity index (χ2n) is 7.22. The predicted molar refractivity (Wildman–Crippen MR) is 107 cm³/mol. The lowest BCUT2D eigenvalue weighted by atomic mass is 9.99. The molecule has 1 fully saturated rings. The van der Waals surface area contributed by atoms with Crippen molar-refractivity contribution in [3.8, 4) is 0 Å². The number of benzene rings is 1. The van der Waals surface area contributed by atoms with Crippen LogP contribution in [0, 0.1) is 13.8 Å². The monoisotopic (exact) mass is 365 g/mol. The van der Waals surface area contributed by atoms with Gasteiger partial charge in [-0.3, -0.25) is 14.6 Å². The Bertz CT molecular complexity index is 847. The summed E-state index contributed by atoms with van der Waals surface area (Å²) < 4.78 is 0. The van der Waals surface area contributed by atoms with Gasteiger partial charge in [0.15, 0.2) is 0 Å². The van der Waals surface area contributed by atoms with Gasteiger partial charge in [-0.05, 0) is 62.8 Å². The molecule has 1 aliphatic rings. The van der Waals surface area contributed by atoms with Crippen LogP contribution in [0.4, 0.5) is 5.69 Å². The van der Waals surface area contributed by atoms with Crippen LogP contribution in [-0.2, 0) is 0 Å². The Morgan fingerprint density at radius 3 is 2.74 bits per heavy atom. The highest BCUT2D eigenvalue weighted by atomic mass is 16.2. The molecule has 0 spiro atoms. The van der Waals surface area contributed by atoms with E-state index in [2.05, 4.69) is 17.2 Å². The third-order valence-electron chi connectivity index (χ3n) is 5.46. The number of piperidine rings is 1. The normalized spacial score (nSPS) is 16.9. The minimum Gasteiger partial charge on any atom is -0.336 e. The van der Waals surface area contributed by atoms with E-state index in [1.807, 2.05) is 36.9 Å². The van der Waals surface area contributed by atoms with E-state index < -0.39 is 0 Å². The number of likely N-dealkylation sites (tertiary alicyclic amines) is 1. The number of nitrogens with one attached hydrogen (secondary N) is 1. The molecule has 1 N–H and O–H groups in total. The van der Waals surface area contributed by atoms with Crippen LogP contribution in [0.15, 0.2) is 36.7 Å². The highest BCUT2D eigenvalue weighted by Crippen LogP contribution is 2.22. The summed E-state index contributed by atoms with van der Waals surface area (Å²) in [5.74, 6) is -0.285. The minimum atomic E-state index is -0.253. The lowest BCUT2D eigenvalue weighted by Gasteiger charge is -2.35. The Kier molecular flexibility index (Phi) is 5.89. The molecule has 0 radical (unpaired) electrons. The van der Waals surface area contributed by atoms with E-state index >= 15 is 0 Å². The number of nitrogens with zero attached hydrogens (tertiary/aromatic N) is 2. The van der Waals surface area contributed by atoms with Gasteiger partial charge in [-0.1, -0.05) is 19.1 Å². The van der Waals surface area contributed by atoms with E-state index in [9.17, 15) is 9.59 Å². The number of hydrogen-bond donors (Lipinski definition) is 1. The number of amides is 2. The summed E-state index contributed by atoms with van der Waals surface area (Å²) in [4.78, 5) is 31.7. The molecule has 1 aromatic carbocycles. The standard InChI is InChI=1S/C22H27N3O2/c1-4-19-9-5-6-11-25(19)22(27)18-12-17(13-23-14-18)21(26)24-20-10-7-8-15(2)16(20)3/h7-8,10,12-14,19H,4-6,9,11H2,1-3H3,(H,24,26). The van der Waals surface area contributed by atoms with E-state index in [-0.39, 0.29) is 17.9 Å². The molecule has 5 heteroatoms. The summed E-state index contributed by atoms with van der Waals surface area (Å²) in [6.45, 7) is 6.87. The zero-order chi connectivity index (χ0) is 19.4. The van der Waals surface area contributed by atoms with Gasteiger partial charge in [0.1, 0.15) is 0 Å². The van der Waals surface area contributed by atoms with Crippen LogP contribution >= 0.6 is 0 Å². The van der Waals surface area contributed by atoms with Gasteiger partial charge in [0.05, 0.1) is 11.1 Å². The largest absolute Gasteiger partial charge is 0.336 e. The molecule has 1 unspecified atom stereocenters. The summed E-state index contributed by atoms with van der Waals surface area (Å²) in [7, 11) is 0. The minimum absolute atomic E-state index is 0.0320. The molecule has 2 heterocycles. The van der Waals surface area contributed by atoms with Crippen LogP contribution < -0.4 is 5.32 Å². The SMILES string of the molecule is CCC1CCCCN1C(=O)c1cncc(C(=O)Nc2cccc(C)c2C)c1. The first-order valence-electron chi connectivity index (χ1n) is 9.65. The first kappa shape index (κ1) is 19.1. The predicted octanol–water partition coefficient (Wildman–Crippen LogP) is 4.36.